The standard InChI is InChI=1S/C18H22N2O5S/c1-2-13-3-6-15(20-12-13)9-10-25-16-7-4-14(5-8-16)11-17(18(19)21)26(22,23)24/h3-8,12,17H,2,9-11H2,1H3,(H2,19,21)(H,22,23,24)/t17-/m1/s1. The molecule has 1 aromatic heterocycles. The molecule has 0 bridgehead atoms. The monoisotopic (exact) mass is 378 g/mol. The molecule has 1 atom stereocenters. The summed E-state index contributed by atoms with van der Waals surface area (Å²) in [6.07, 6.45) is 3.28. The lowest BCUT2D eigenvalue weighted by Crippen LogP contribution is -2.37. The van der Waals surface area contributed by atoms with E-state index in [1.807, 2.05) is 18.3 Å². The van der Waals surface area contributed by atoms with E-state index >= 15 is 0 Å². The van der Waals surface area contributed by atoms with Gasteiger partial charge in [-0.15, -0.1) is 0 Å². The van der Waals surface area contributed by atoms with E-state index in [0.717, 1.165) is 12.1 Å². The van der Waals surface area contributed by atoms with Gasteiger partial charge < -0.3 is 10.5 Å². The maximum absolute atomic E-state index is 11.2. The number of hydrogen-bond donors (Lipinski definition) is 2. The van der Waals surface area contributed by atoms with Crippen LogP contribution in [0.1, 0.15) is 23.7 Å². The van der Waals surface area contributed by atoms with E-state index in [0.29, 0.717) is 24.3 Å². The minimum atomic E-state index is -4.54. The number of hydrogen-bond acceptors (Lipinski definition) is 5. The van der Waals surface area contributed by atoms with Crippen molar-refractivity contribution in [3.05, 3.63) is 59.4 Å². The zero-order valence-electron chi connectivity index (χ0n) is 14.5. The molecule has 0 unspecified atom stereocenters. The second kappa shape index (κ2) is 8.77. The first-order chi connectivity index (χ1) is 12.3. The zero-order valence-corrected chi connectivity index (χ0v) is 15.3. The Hall–Kier alpha value is -2.45. The van der Waals surface area contributed by atoms with Crippen molar-refractivity contribution in [2.75, 3.05) is 6.61 Å². The molecule has 0 radical (unpaired) electrons. The SMILES string of the molecule is CCc1ccc(CCOc2ccc(C[C@H](C(N)=O)S(=O)(=O)O)cc2)nc1. The lowest BCUT2D eigenvalue weighted by molar-refractivity contribution is -0.117. The molecular formula is C18H22N2O5S. The molecule has 2 aromatic rings. The van der Waals surface area contributed by atoms with Gasteiger partial charge in [-0.3, -0.25) is 14.3 Å². The van der Waals surface area contributed by atoms with Crippen molar-refractivity contribution in [3.8, 4) is 5.75 Å². The first-order valence-electron chi connectivity index (χ1n) is 8.20. The lowest BCUT2D eigenvalue weighted by atomic mass is 10.1. The van der Waals surface area contributed by atoms with Gasteiger partial charge in [0.2, 0.25) is 5.91 Å². The van der Waals surface area contributed by atoms with Gasteiger partial charge in [-0.2, -0.15) is 8.42 Å². The van der Waals surface area contributed by atoms with Crippen molar-refractivity contribution < 1.29 is 22.5 Å². The van der Waals surface area contributed by atoms with Gasteiger partial charge in [-0.05, 0) is 35.7 Å². The molecule has 1 aromatic carbocycles. The Morgan fingerprint density at radius 2 is 1.85 bits per heavy atom. The molecule has 1 amide bonds. The van der Waals surface area contributed by atoms with Gasteiger partial charge in [0.1, 0.15) is 5.75 Å². The summed E-state index contributed by atoms with van der Waals surface area (Å²) in [7, 11) is -4.54. The molecule has 8 heteroatoms. The maximum Gasteiger partial charge on any atom is 0.277 e. The Labute approximate surface area is 153 Å². The van der Waals surface area contributed by atoms with E-state index in [2.05, 4.69) is 11.9 Å². The maximum atomic E-state index is 11.2. The van der Waals surface area contributed by atoms with Gasteiger partial charge in [0, 0.05) is 24.7 Å². The molecule has 0 aliphatic carbocycles. The normalized spacial score (nSPS) is 12.5. The largest absolute Gasteiger partial charge is 0.493 e. The summed E-state index contributed by atoms with van der Waals surface area (Å²) in [5, 5.41) is -1.66. The van der Waals surface area contributed by atoms with Crippen LogP contribution in [0.3, 0.4) is 0 Å². The van der Waals surface area contributed by atoms with E-state index in [1.54, 1.807) is 24.3 Å². The number of primary amides is 1. The van der Waals surface area contributed by atoms with Crippen LogP contribution in [0.5, 0.6) is 5.75 Å². The number of carbonyl (C=O) groups excluding carboxylic acids is 1. The van der Waals surface area contributed by atoms with E-state index in [9.17, 15) is 13.2 Å². The van der Waals surface area contributed by atoms with Crippen LogP contribution >= 0.6 is 0 Å². The number of aromatic nitrogens is 1. The van der Waals surface area contributed by atoms with Crippen molar-refractivity contribution in [2.45, 2.75) is 31.4 Å². The van der Waals surface area contributed by atoms with Crippen LogP contribution in [0.15, 0.2) is 42.6 Å². The summed E-state index contributed by atoms with van der Waals surface area (Å²) in [4.78, 5) is 15.5. The van der Waals surface area contributed by atoms with Gasteiger partial charge in [0.15, 0.2) is 5.25 Å². The third-order valence-electron chi connectivity index (χ3n) is 3.94. The predicted molar refractivity (Wildman–Crippen MR) is 97.5 cm³/mol. The second-order valence-corrected chi connectivity index (χ2v) is 7.46. The fourth-order valence-corrected chi connectivity index (χ4v) is 3.07. The van der Waals surface area contributed by atoms with Crippen LogP contribution in [0.4, 0.5) is 0 Å². The van der Waals surface area contributed by atoms with Crippen LogP contribution in [0.25, 0.3) is 0 Å². The predicted octanol–water partition coefficient (Wildman–Crippen LogP) is 1.55. The Morgan fingerprint density at radius 1 is 1.19 bits per heavy atom. The van der Waals surface area contributed by atoms with Gasteiger partial charge in [0.25, 0.3) is 10.1 Å². The summed E-state index contributed by atoms with van der Waals surface area (Å²) < 4.78 is 37.1. The number of rotatable bonds is 9. The van der Waals surface area contributed by atoms with Crippen LogP contribution < -0.4 is 10.5 Å². The highest BCUT2D eigenvalue weighted by molar-refractivity contribution is 7.87. The van der Waals surface area contributed by atoms with E-state index in [1.165, 1.54) is 5.56 Å². The Bertz CT molecular complexity index is 833. The highest BCUT2D eigenvalue weighted by Crippen LogP contribution is 2.16. The molecule has 140 valence electrons. The van der Waals surface area contributed by atoms with Gasteiger partial charge in [-0.1, -0.05) is 25.1 Å². The molecule has 26 heavy (non-hydrogen) atoms. The summed E-state index contributed by atoms with van der Waals surface area (Å²) in [5.74, 6) is -0.476. The highest BCUT2D eigenvalue weighted by atomic mass is 32.2. The first-order valence-corrected chi connectivity index (χ1v) is 9.71. The fourth-order valence-electron chi connectivity index (χ4n) is 2.37. The topological polar surface area (TPSA) is 120 Å². The van der Waals surface area contributed by atoms with Crippen LogP contribution in [-0.2, 0) is 34.2 Å². The molecule has 0 spiro atoms. The number of nitrogens with zero attached hydrogens (tertiary/aromatic N) is 1. The third-order valence-corrected chi connectivity index (χ3v) is 5.06. The molecule has 0 aliphatic rings. The Balaban J connectivity index is 1.89. The van der Waals surface area contributed by atoms with E-state index < -0.39 is 21.3 Å². The molecular weight excluding hydrogens is 356 g/mol. The lowest BCUT2D eigenvalue weighted by Gasteiger charge is -2.11. The number of carbonyl (C=O) groups is 1. The fraction of sp³-hybridized carbons (Fsp3) is 0.333. The highest BCUT2D eigenvalue weighted by Gasteiger charge is 2.29. The summed E-state index contributed by atoms with van der Waals surface area (Å²) in [5.41, 5.74) is 7.71. The number of aryl methyl sites for hydroxylation is 1. The zero-order chi connectivity index (χ0) is 19.2. The first kappa shape index (κ1) is 19.9. The molecule has 0 aliphatic heterocycles. The Kier molecular flexibility index (Phi) is 6.70. The van der Waals surface area contributed by atoms with Crippen molar-refractivity contribution in [3.63, 3.8) is 0 Å². The van der Waals surface area contributed by atoms with E-state index in [-0.39, 0.29) is 6.42 Å². The Morgan fingerprint density at radius 3 is 2.35 bits per heavy atom. The van der Waals surface area contributed by atoms with Crippen molar-refractivity contribution in [1.29, 1.82) is 0 Å². The second-order valence-electron chi connectivity index (χ2n) is 5.86. The third kappa shape index (κ3) is 5.82. The smallest absolute Gasteiger partial charge is 0.277 e. The quantitative estimate of drug-likeness (QED) is 0.639. The number of pyridine rings is 1. The number of nitrogens with two attached hydrogens (primary N) is 1. The summed E-state index contributed by atoms with van der Waals surface area (Å²) >= 11 is 0. The minimum Gasteiger partial charge on any atom is -0.493 e. The molecule has 2 rings (SSSR count). The van der Waals surface area contributed by atoms with E-state index in [4.69, 9.17) is 15.0 Å². The molecule has 1 heterocycles. The summed E-state index contributed by atoms with van der Waals surface area (Å²) in [6, 6.07) is 10.6. The van der Waals surface area contributed by atoms with Crippen molar-refractivity contribution in [1.82, 2.24) is 4.98 Å². The number of ether oxygens (including phenoxy) is 1. The van der Waals surface area contributed by atoms with Crippen molar-refractivity contribution in [2.24, 2.45) is 5.73 Å². The molecule has 3 N–H and O–H groups in total. The van der Waals surface area contributed by atoms with Gasteiger partial charge in [-0.25, -0.2) is 0 Å². The molecule has 0 saturated heterocycles. The molecule has 0 saturated carbocycles. The minimum absolute atomic E-state index is 0.192. The average Bonchev–Trinajstić information content (AvgIpc) is 2.60. The van der Waals surface area contributed by atoms with Crippen LogP contribution in [0.2, 0.25) is 0 Å². The molecule has 7 nitrogen and oxygen atoms in total. The van der Waals surface area contributed by atoms with Crippen LogP contribution in [0, 0.1) is 0 Å². The number of amides is 1. The molecule has 0 fully saturated rings. The van der Waals surface area contributed by atoms with Gasteiger partial charge >= 0.3 is 0 Å². The van der Waals surface area contributed by atoms with Crippen molar-refractivity contribution >= 4 is 16.0 Å². The van der Waals surface area contributed by atoms with Gasteiger partial charge in [0.05, 0.1) is 6.61 Å². The average molecular weight is 378 g/mol. The summed E-state index contributed by atoms with van der Waals surface area (Å²) in [6.45, 7) is 2.53. The van der Waals surface area contributed by atoms with Crippen LogP contribution in [-0.4, -0.2) is 35.7 Å². The number of benzene rings is 1.